The van der Waals surface area contributed by atoms with Crippen LogP contribution < -0.4 is 11.3 Å². The molecule has 2 heteroatoms. The minimum Gasteiger partial charge on any atom is -0.271 e. The van der Waals surface area contributed by atoms with Crippen LogP contribution in [0.2, 0.25) is 0 Å². The van der Waals surface area contributed by atoms with Crippen molar-refractivity contribution in [3.8, 4) is 0 Å². The molecule has 3 N–H and O–H groups in total. The molecule has 1 aliphatic rings. The molecule has 0 aromatic heterocycles. The summed E-state index contributed by atoms with van der Waals surface area (Å²) in [4.78, 5) is 0. The standard InChI is InChI=1S/C12H18N2/c13-14-12-8-4-7-11(12)9-10-5-2-1-3-6-10/h1-3,5-6,11-12,14H,4,7-9,13H2. The molecule has 1 saturated carbocycles. The van der Waals surface area contributed by atoms with E-state index < -0.39 is 0 Å². The molecular formula is C12H18N2. The van der Waals surface area contributed by atoms with Gasteiger partial charge in [-0.25, -0.2) is 0 Å². The predicted octanol–water partition coefficient (Wildman–Crippen LogP) is 1.86. The molecule has 1 aromatic carbocycles. The second-order valence-corrected chi connectivity index (χ2v) is 4.15. The summed E-state index contributed by atoms with van der Waals surface area (Å²) in [6.07, 6.45) is 5.01. The molecular weight excluding hydrogens is 172 g/mol. The average Bonchev–Trinajstić information content (AvgIpc) is 2.67. The van der Waals surface area contributed by atoms with E-state index in [1.54, 1.807) is 0 Å². The highest BCUT2D eigenvalue weighted by Crippen LogP contribution is 2.28. The zero-order valence-electron chi connectivity index (χ0n) is 8.45. The molecule has 1 fully saturated rings. The van der Waals surface area contributed by atoms with Crippen LogP contribution in [0, 0.1) is 5.92 Å². The van der Waals surface area contributed by atoms with Crippen LogP contribution in [-0.4, -0.2) is 6.04 Å². The van der Waals surface area contributed by atoms with E-state index >= 15 is 0 Å². The Hall–Kier alpha value is -0.860. The van der Waals surface area contributed by atoms with Gasteiger partial charge in [-0.15, -0.1) is 0 Å². The van der Waals surface area contributed by atoms with Crippen molar-refractivity contribution < 1.29 is 0 Å². The number of hydrazine groups is 1. The van der Waals surface area contributed by atoms with E-state index in [4.69, 9.17) is 5.84 Å². The minimum atomic E-state index is 0.523. The number of benzene rings is 1. The van der Waals surface area contributed by atoms with E-state index in [2.05, 4.69) is 35.8 Å². The van der Waals surface area contributed by atoms with Crippen molar-refractivity contribution in [2.45, 2.75) is 31.7 Å². The van der Waals surface area contributed by atoms with Crippen molar-refractivity contribution in [1.29, 1.82) is 0 Å². The molecule has 1 aliphatic carbocycles. The Morgan fingerprint density at radius 1 is 1.21 bits per heavy atom. The van der Waals surface area contributed by atoms with E-state index in [1.165, 1.54) is 24.8 Å². The molecule has 2 unspecified atom stereocenters. The highest BCUT2D eigenvalue weighted by atomic mass is 15.2. The number of rotatable bonds is 3. The summed E-state index contributed by atoms with van der Waals surface area (Å²) in [6, 6.07) is 11.2. The Bertz CT molecular complexity index is 271. The fraction of sp³-hybridized carbons (Fsp3) is 0.500. The first-order valence-electron chi connectivity index (χ1n) is 5.40. The Morgan fingerprint density at radius 3 is 2.71 bits per heavy atom. The Labute approximate surface area is 85.5 Å². The fourth-order valence-electron chi connectivity index (χ4n) is 2.42. The lowest BCUT2D eigenvalue weighted by Crippen LogP contribution is -2.38. The molecule has 0 heterocycles. The highest BCUT2D eigenvalue weighted by molar-refractivity contribution is 5.15. The molecule has 14 heavy (non-hydrogen) atoms. The normalized spacial score (nSPS) is 26.6. The number of nitrogens with one attached hydrogen (secondary N) is 1. The van der Waals surface area contributed by atoms with Gasteiger partial charge in [-0.3, -0.25) is 11.3 Å². The van der Waals surface area contributed by atoms with Gasteiger partial charge in [-0.05, 0) is 30.7 Å². The second kappa shape index (κ2) is 4.58. The number of hydrogen-bond acceptors (Lipinski definition) is 2. The van der Waals surface area contributed by atoms with Crippen molar-refractivity contribution in [2.24, 2.45) is 11.8 Å². The van der Waals surface area contributed by atoms with Gasteiger partial charge in [0, 0.05) is 6.04 Å². The van der Waals surface area contributed by atoms with Crippen LogP contribution in [-0.2, 0) is 6.42 Å². The third kappa shape index (κ3) is 2.14. The van der Waals surface area contributed by atoms with Gasteiger partial charge in [0.1, 0.15) is 0 Å². The van der Waals surface area contributed by atoms with Crippen molar-refractivity contribution in [2.75, 3.05) is 0 Å². The topological polar surface area (TPSA) is 38.0 Å². The lowest BCUT2D eigenvalue weighted by molar-refractivity contribution is 0.405. The summed E-state index contributed by atoms with van der Waals surface area (Å²) >= 11 is 0. The van der Waals surface area contributed by atoms with Crippen LogP contribution in [0.25, 0.3) is 0 Å². The fourth-order valence-corrected chi connectivity index (χ4v) is 2.42. The summed E-state index contributed by atoms with van der Waals surface area (Å²) in [5, 5.41) is 0. The molecule has 2 nitrogen and oxygen atoms in total. The molecule has 76 valence electrons. The average molecular weight is 190 g/mol. The van der Waals surface area contributed by atoms with Crippen molar-refractivity contribution in [3.63, 3.8) is 0 Å². The van der Waals surface area contributed by atoms with Crippen LogP contribution in [0.15, 0.2) is 30.3 Å². The van der Waals surface area contributed by atoms with Gasteiger partial charge in [0.2, 0.25) is 0 Å². The summed E-state index contributed by atoms with van der Waals surface area (Å²) in [6.45, 7) is 0. The minimum absolute atomic E-state index is 0.523. The molecule has 1 aromatic rings. The molecule has 2 rings (SSSR count). The molecule has 0 radical (unpaired) electrons. The van der Waals surface area contributed by atoms with Crippen LogP contribution in [0.5, 0.6) is 0 Å². The summed E-state index contributed by atoms with van der Waals surface area (Å²) < 4.78 is 0. The number of hydrogen-bond donors (Lipinski definition) is 2. The van der Waals surface area contributed by atoms with Gasteiger partial charge < -0.3 is 0 Å². The SMILES string of the molecule is NNC1CCCC1Cc1ccccc1. The smallest absolute Gasteiger partial charge is 0.0241 e. The van der Waals surface area contributed by atoms with Gasteiger partial charge in [-0.2, -0.15) is 0 Å². The van der Waals surface area contributed by atoms with E-state index in [0.717, 1.165) is 12.3 Å². The maximum Gasteiger partial charge on any atom is 0.0241 e. The third-order valence-corrected chi connectivity index (χ3v) is 3.21. The maximum absolute atomic E-state index is 5.53. The summed E-state index contributed by atoms with van der Waals surface area (Å²) in [7, 11) is 0. The lowest BCUT2D eigenvalue weighted by atomic mass is 9.95. The monoisotopic (exact) mass is 190 g/mol. The van der Waals surface area contributed by atoms with Crippen molar-refractivity contribution in [1.82, 2.24) is 5.43 Å². The zero-order valence-corrected chi connectivity index (χ0v) is 8.45. The van der Waals surface area contributed by atoms with Gasteiger partial charge in [0.05, 0.1) is 0 Å². The first kappa shape index (κ1) is 9.69. The molecule has 0 saturated heterocycles. The van der Waals surface area contributed by atoms with Crippen LogP contribution >= 0.6 is 0 Å². The van der Waals surface area contributed by atoms with Gasteiger partial charge in [0.25, 0.3) is 0 Å². The third-order valence-electron chi connectivity index (χ3n) is 3.21. The molecule has 0 bridgehead atoms. The Morgan fingerprint density at radius 2 is 2.00 bits per heavy atom. The van der Waals surface area contributed by atoms with E-state index in [-0.39, 0.29) is 0 Å². The second-order valence-electron chi connectivity index (χ2n) is 4.15. The number of nitrogens with two attached hydrogens (primary N) is 1. The van der Waals surface area contributed by atoms with Gasteiger partial charge in [0.15, 0.2) is 0 Å². The first-order valence-corrected chi connectivity index (χ1v) is 5.40. The van der Waals surface area contributed by atoms with Crippen LogP contribution in [0.1, 0.15) is 24.8 Å². The maximum atomic E-state index is 5.53. The predicted molar refractivity (Wildman–Crippen MR) is 58.6 cm³/mol. The van der Waals surface area contributed by atoms with E-state index in [1.807, 2.05) is 0 Å². The molecule has 0 spiro atoms. The largest absolute Gasteiger partial charge is 0.271 e. The van der Waals surface area contributed by atoms with Gasteiger partial charge >= 0.3 is 0 Å². The summed E-state index contributed by atoms with van der Waals surface area (Å²) in [5.74, 6) is 6.25. The van der Waals surface area contributed by atoms with Crippen LogP contribution in [0.3, 0.4) is 0 Å². The lowest BCUT2D eigenvalue weighted by Gasteiger charge is -2.18. The summed E-state index contributed by atoms with van der Waals surface area (Å²) in [5.41, 5.74) is 4.36. The van der Waals surface area contributed by atoms with E-state index in [9.17, 15) is 0 Å². The van der Waals surface area contributed by atoms with E-state index in [0.29, 0.717) is 6.04 Å². The molecule has 0 amide bonds. The van der Waals surface area contributed by atoms with Crippen LogP contribution in [0.4, 0.5) is 0 Å². The zero-order chi connectivity index (χ0) is 9.80. The Kier molecular flexibility index (Phi) is 3.17. The van der Waals surface area contributed by atoms with Crippen molar-refractivity contribution in [3.05, 3.63) is 35.9 Å². The molecule has 2 atom stereocenters. The van der Waals surface area contributed by atoms with Gasteiger partial charge in [-0.1, -0.05) is 36.8 Å². The highest BCUT2D eigenvalue weighted by Gasteiger charge is 2.25. The first-order chi connectivity index (χ1) is 6.90. The Balaban J connectivity index is 1.97. The quantitative estimate of drug-likeness (QED) is 0.564. The van der Waals surface area contributed by atoms with Crippen molar-refractivity contribution >= 4 is 0 Å². The molecule has 0 aliphatic heterocycles.